The van der Waals surface area contributed by atoms with Crippen molar-refractivity contribution < 1.29 is 14.7 Å². The van der Waals surface area contributed by atoms with Crippen molar-refractivity contribution in [1.82, 2.24) is 5.32 Å². The number of carbonyl (C=O) groups excluding carboxylic acids is 1. The maximum absolute atomic E-state index is 12.8. The van der Waals surface area contributed by atoms with Gasteiger partial charge in [0, 0.05) is 0 Å². The zero-order valence-electron chi connectivity index (χ0n) is 12.6. The number of hydrogen-bond donors (Lipinski definition) is 2. The standard InChI is InChI=1S/C17H23NO3/c1-12(2)14(15(19)20)18-16(21)17(10-6-7-11-17)13-8-4-3-5-9-13/h3-5,8-9,12,14H,6-7,10-11H2,1-2H3,(H,18,21)(H,19,20)/t14-/m1/s1. The monoisotopic (exact) mass is 289 g/mol. The first-order chi connectivity index (χ1) is 9.97. The molecule has 4 heteroatoms. The molecule has 1 saturated carbocycles. The van der Waals surface area contributed by atoms with Crippen LogP contribution in [-0.2, 0) is 15.0 Å². The predicted octanol–water partition coefficient (Wildman–Crippen LogP) is 2.72. The van der Waals surface area contributed by atoms with E-state index in [4.69, 9.17) is 0 Å². The second-order valence-corrected chi connectivity index (χ2v) is 6.19. The lowest BCUT2D eigenvalue weighted by molar-refractivity contribution is -0.144. The summed E-state index contributed by atoms with van der Waals surface area (Å²) >= 11 is 0. The fourth-order valence-electron chi connectivity index (χ4n) is 3.18. The molecule has 0 unspecified atom stereocenters. The molecule has 1 aromatic carbocycles. The number of carboxylic acids is 1. The van der Waals surface area contributed by atoms with Crippen LogP contribution in [0.1, 0.15) is 45.1 Å². The first kappa shape index (κ1) is 15.5. The molecule has 0 radical (unpaired) electrons. The number of amides is 1. The van der Waals surface area contributed by atoms with E-state index in [1.54, 1.807) is 0 Å². The number of benzene rings is 1. The van der Waals surface area contributed by atoms with Crippen LogP contribution in [0.2, 0.25) is 0 Å². The Morgan fingerprint density at radius 3 is 2.19 bits per heavy atom. The summed E-state index contributed by atoms with van der Waals surface area (Å²) < 4.78 is 0. The maximum atomic E-state index is 12.8. The van der Waals surface area contributed by atoms with E-state index in [9.17, 15) is 14.7 Å². The molecule has 2 N–H and O–H groups in total. The van der Waals surface area contributed by atoms with E-state index in [2.05, 4.69) is 5.32 Å². The van der Waals surface area contributed by atoms with Crippen LogP contribution in [0.5, 0.6) is 0 Å². The molecule has 0 heterocycles. The lowest BCUT2D eigenvalue weighted by Crippen LogP contribution is -2.51. The van der Waals surface area contributed by atoms with Gasteiger partial charge in [-0.15, -0.1) is 0 Å². The SMILES string of the molecule is CC(C)[C@@H](NC(=O)C1(c2ccccc2)CCCC1)C(=O)O. The maximum Gasteiger partial charge on any atom is 0.326 e. The zero-order valence-corrected chi connectivity index (χ0v) is 12.6. The molecular weight excluding hydrogens is 266 g/mol. The second kappa shape index (κ2) is 6.29. The van der Waals surface area contributed by atoms with Gasteiger partial charge in [-0.3, -0.25) is 4.79 Å². The van der Waals surface area contributed by atoms with Crippen LogP contribution >= 0.6 is 0 Å². The summed E-state index contributed by atoms with van der Waals surface area (Å²) in [5.41, 5.74) is 0.428. The Kier molecular flexibility index (Phi) is 4.66. The van der Waals surface area contributed by atoms with Crippen molar-refractivity contribution >= 4 is 11.9 Å². The second-order valence-electron chi connectivity index (χ2n) is 6.19. The highest BCUT2D eigenvalue weighted by molar-refractivity contribution is 5.91. The number of nitrogens with one attached hydrogen (secondary N) is 1. The minimum absolute atomic E-state index is 0.138. The van der Waals surface area contributed by atoms with Gasteiger partial charge in [0.05, 0.1) is 5.41 Å². The van der Waals surface area contributed by atoms with Gasteiger partial charge in [-0.05, 0) is 24.3 Å². The highest BCUT2D eigenvalue weighted by Crippen LogP contribution is 2.41. The summed E-state index contributed by atoms with van der Waals surface area (Å²) in [5.74, 6) is -1.26. The lowest BCUT2D eigenvalue weighted by atomic mass is 9.77. The Morgan fingerprint density at radius 2 is 1.71 bits per heavy atom. The average Bonchev–Trinajstić information content (AvgIpc) is 2.95. The quantitative estimate of drug-likeness (QED) is 0.876. The van der Waals surface area contributed by atoms with Gasteiger partial charge in [0.25, 0.3) is 0 Å². The van der Waals surface area contributed by atoms with Gasteiger partial charge in [0.15, 0.2) is 0 Å². The molecular formula is C17H23NO3. The zero-order chi connectivity index (χ0) is 15.5. The molecule has 114 valence electrons. The first-order valence-corrected chi connectivity index (χ1v) is 7.57. The highest BCUT2D eigenvalue weighted by Gasteiger charge is 2.44. The van der Waals surface area contributed by atoms with Crippen LogP contribution in [0.3, 0.4) is 0 Å². The number of aliphatic carboxylic acids is 1. The van der Waals surface area contributed by atoms with E-state index in [-0.39, 0.29) is 11.8 Å². The van der Waals surface area contributed by atoms with Crippen molar-refractivity contribution in [3.63, 3.8) is 0 Å². The van der Waals surface area contributed by atoms with Gasteiger partial charge in [0.2, 0.25) is 5.91 Å². The van der Waals surface area contributed by atoms with Crippen molar-refractivity contribution in [3.8, 4) is 0 Å². The molecule has 1 aliphatic carbocycles. The number of carboxylic acid groups (broad SMARTS) is 1. The van der Waals surface area contributed by atoms with Gasteiger partial charge >= 0.3 is 5.97 Å². The third-order valence-corrected chi connectivity index (χ3v) is 4.44. The number of rotatable bonds is 5. The van der Waals surface area contributed by atoms with Crippen LogP contribution < -0.4 is 5.32 Å². The van der Waals surface area contributed by atoms with E-state index in [1.165, 1.54) is 0 Å². The molecule has 1 atom stereocenters. The number of carbonyl (C=O) groups is 2. The summed E-state index contributed by atoms with van der Waals surface area (Å²) in [6, 6.07) is 8.89. The Labute approximate surface area is 125 Å². The molecule has 1 amide bonds. The van der Waals surface area contributed by atoms with Gasteiger partial charge in [-0.25, -0.2) is 4.79 Å². The van der Waals surface area contributed by atoms with Crippen molar-refractivity contribution in [3.05, 3.63) is 35.9 Å². The molecule has 0 saturated heterocycles. The largest absolute Gasteiger partial charge is 0.480 e. The van der Waals surface area contributed by atoms with Gasteiger partial charge < -0.3 is 10.4 Å². The molecule has 1 aliphatic rings. The van der Waals surface area contributed by atoms with E-state index in [1.807, 2.05) is 44.2 Å². The minimum Gasteiger partial charge on any atom is -0.480 e. The molecule has 0 aliphatic heterocycles. The summed E-state index contributed by atoms with van der Waals surface area (Å²) in [4.78, 5) is 24.1. The number of hydrogen-bond acceptors (Lipinski definition) is 2. The molecule has 2 rings (SSSR count). The predicted molar refractivity (Wildman–Crippen MR) is 81.0 cm³/mol. The minimum atomic E-state index is -0.973. The molecule has 4 nitrogen and oxygen atoms in total. The van der Waals surface area contributed by atoms with E-state index in [0.29, 0.717) is 0 Å². The van der Waals surface area contributed by atoms with Crippen LogP contribution in [0.25, 0.3) is 0 Å². The van der Waals surface area contributed by atoms with E-state index < -0.39 is 17.4 Å². The van der Waals surface area contributed by atoms with Crippen LogP contribution in [0.4, 0.5) is 0 Å². The molecule has 21 heavy (non-hydrogen) atoms. The fourth-order valence-corrected chi connectivity index (χ4v) is 3.18. The van der Waals surface area contributed by atoms with Crippen molar-refractivity contribution in [2.45, 2.75) is 51.0 Å². The van der Waals surface area contributed by atoms with Gasteiger partial charge in [-0.2, -0.15) is 0 Å². The third-order valence-electron chi connectivity index (χ3n) is 4.44. The van der Waals surface area contributed by atoms with Crippen LogP contribution in [0.15, 0.2) is 30.3 Å². The fraction of sp³-hybridized carbons (Fsp3) is 0.529. The van der Waals surface area contributed by atoms with Crippen molar-refractivity contribution in [1.29, 1.82) is 0 Å². The van der Waals surface area contributed by atoms with Gasteiger partial charge in [0.1, 0.15) is 6.04 Å². The Balaban J connectivity index is 2.27. The normalized spacial score (nSPS) is 18.4. The Hall–Kier alpha value is -1.84. The van der Waals surface area contributed by atoms with E-state index >= 15 is 0 Å². The molecule has 1 fully saturated rings. The molecule has 1 aromatic rings. The summed E-state index contributed by atoms with van der Waals surface area (Å²) in [6.07, 6.45) is 3.57. The van der Waals surface area contributed by atoms with E-state index in [0.717, 1.165) is 31.2 Å². The smallest absolute Gasteiger partial charge is 0.326 e. The van der Waals surface area contributed by atoms with Crippen LogP contribution in [-0.4, -0.2) is 23.0 Å². The molecule has 0 bridgehead atoms. The summed E-state index contributed by atoms with van der Waals surface area (Å²) in [5, 5.41) is 12.0. The van der Waals surface area contributed by atoms with Crippen molar-refractivity contribution in [2.75, 3.05) is 0 Å². The topological polar surface area (TPSA) is 66.4 Å². The molecule has 0 aromatic heterocycles. The Morgan fingerprint density at radius 1 is 1.14 bits per heavy atom. The van der Waals surface area contributed by atoms with Gasteiger partial charge in [-0.1, -0.05) is 57.0 Å². The van der Waals surface area contributed by atoms with Crippen LogP contribution in [0, 0.1) is 5.92 Å². The highest BCUT2D eigenvalue weighted by atomic mass is 16.4. The van der Waals surface area contributed by atoms with Crippen molar-refractivity contribution in [2.24, 2.45) is 5.92 Å². The average molecular weight is 289 g/mol. The summed E-state index contributed by atoms with van der Waals surface area (Å²) in [6.45, 7) is 3.62. The first-order valence-electron chi connectivity index (χ1n) is 7.57. The third kappa shape index (κ3) is 3.09. The Bertz CT molecular complexity index is 504. The lowest BCUT2D eigenvalue weighted by Gasteiger charge is -2.30. The summed E-state index contributed by atoms with van der Waals surface area (Å²) in [7, 11) is 0. The molecule has 0 spiro atoms.